The summed E-state index contributed by atoms with van der Waals surface area (Å²) in [5.74, 6) is -0.995. The number of rotatable bonds is 5. The van der Waals surface area contributed by atoms with Crippen LogP contribution in [0.2, 0.25) is 10.0 Å². The van der Waals surface area contributed by atoms with Gasteiger partial charge in [-0.1, -0.05) is 23.2 Å². The van der Waals surface area contributed by atoms with Gasteiger partial charge < -0.3 is 15.0 Å². The summed E-state index contributed by atoms with van der Waals surface area (Å²) in [6.45, 7) is 2.04. The molecule has 1 N–H and O–H groups in total. The van der Waals surface area contributed by atoms with Crippen LogP contribution in [0.15, 0.2) is 24.4 Å². The lowest BCUT2D eigenvalue weighted by atomic mass is 10.0. The van der Waals surface area contributed by atoms with Crippen LogP contribution in [0, 0.1) is 0 Å². The van der Waals surface area contributed by atoms with Gasteiger partial charge in [-0.3, -0.25) is 0 Å². The molecule has 1 aromatic carbocycles. The van der Waals surface area contributed by atoms with Crippen LogP contribution in [-0.2, 0) is 15.7 Å². The van der Waals surface area contributed by atoms with Gasteiger partial charge in [-0.05, 0) is 44.4 Å². The molecule has 0 aliphatic carbocycles. The van der Waals surface area contributed by atoms with Crippen LogP contribution >= 0.6 is 23.2 Å². The van der Waals surface area contributed by atoms with Crippen molar-refractivity contribution in [2.75, 3.05) is 23.4 Å². The average molecular weight is 463 g/mol. The van der Waals surface area contributed by atoms with Gasteiger partial charge >= 0.3 is 12.1 Å². The average Bonchev–Trinajstić information content (AvgIpc) is 2.70. The number of aromatic nitrogens is 2. The number of hydrogen-bond acceptors (Lipinski definition) is 6. The number of halogens is 5. The summed E-state index contributed by atoms with van der Waals surface area (Å²) in [5, 5.41) is 3.43. The topological polar surface area (TPSA) is 67.3 Å². The van der Waals surface area contributed by atoms with Gasteiger partial charge in [0.2, 0.25) is 5.95 Å². The van der Waals surface area contributed by atoms with Crippen molar-refractivity contribution in [2.45, 2.75) is 38.4 Å². The van der Waals surface area contributed by atoms with E-state index in [1.165, 1.54) is 11.0 Å². The van der Waals surface area contributed by atoms with Crippen molar-refractivity contribution in [3.8, 4) is 0 Å². The molecule has 162 valence electrons. The molecule has 1 aliphatic heterocycles. The molecule has 2 heterocycles. The second kappa shape index (κ2) is 9.26. The predicted molar refractivity (Wildman–Crippen MR) is 108 cm³/mol. The Morgan fingerprint density at radius 1 is 1.30 bits per heavy atom. The summed E-state index contributed by atoms with van der Waals surface area (Å²) in [5.41, 5.74) is -0.561. The summed E-state index contributed by atoms with van der Waals surface area (Å²) in [7, 11) is 0. The minimum Gasteiger partial charge on any atom is -0.464 e. The summed E-state index contributed by atoms with van der Waals surface area (Å²) in [6, 6.07) is 3.80. The Balaban J connectivity index is 2.00. The fourth-order valence-corrected chi connectivity index (χ4v) is 3.52. The van der Waals surface area contributed by atoms with Gasteiger partial charge in [-0.15, -0.1) is 0 Å². The molecule has 2 aromatic rings. The van der Waals surface area contributed by atoms with Crippen LogP contribution in [0.3, 0.4) is 0 Å². The maximum Gasteiger partial charge on any atom is 0.421 e. The highest BCUT2D eigenvalue weighted by molar-refractivity contribution is 6.42. The van der Waals surface area contributed by atoms with Gasteiger partial charge in [-0.2, -0.15) is 18.2 Å². The number of nitrogens with one attached hydrogen (secondary N) is 1. The first kappa shape index (κ1) is 22.4. The molecule has 1 atom stereocenters. The van der Waals surface area contributed by atoms with Gasteiger partial charge in [0.05, 0.1) is 16.7 Å². The number of alkyl halides is 3. The van der Waals surface area contributed by atoms with Gasteiger partial charge in [0, 0.05) is 18.4 Å². The molecule has 1 aromatic heterocycles. The molecule has 0 radical (unpaired) electrons. The Bertz CT molecular complexity index is 927. The molecule has 0 saturated carbocycles. The third-order valence-electron chi connectivity index (χ3n) is 4.58. The maximum absolute atomic E-state index is 13.7. The Hall–Kier alpha value is -2.26. The number of nitrogens with zero attached hydrogens (tertiary/aromatic N) is 3. The molecule has 0 bridgehead atoms. The maximum atomic E-state index is 13.7. The third kappa shape index (κ3) is 5.07. The number of ether oxygens (including phenoxy) is 1. The molecule has 11 heteroatoms. The van der Waals surface area contributed by atoms with E-state index in [9.17, 15) is 18.0 Å². The summed E-state index contributed by atoms with van der Waals surface area (Å²) >= 11 is 11.9. The highest BCUT2D eigenvalue weighted by Crippen LogP contribution is 2.38. The Morgan fingerprint density at radius 2 is 2.07 bits per heavy atom. The van der Waals surface area contributed by atoms with Crippen LogP contribution in [0.25, 0.3) is 0 Å². The lowest BCUT2D eigenvalue weighted by molar-refractivity contribution is -0.146. The number of benzene rings is 1. The smallest absolute Gasteiger partial charge is 0.421 e. The number of carbonyl (C=O) groups is 1. The van der Waals surface area contributed by atoms with E-state index in [2.05, 4.69) is 15.3 Å². The zero-order chi connectivity index (χ0) is 21.9. The second-order valence-electron chi connectivity index (χ2n) is 6.64. The molecule has 0 amide bonds. The quantitative estimate of drug-likeness (QED) is 0.594. The second-order valence-corrected chi connectivity index (χ2v) is 7.45. The fraction of sp³-hybridized carbons (Fsp3) is 0.421. The van der Waals surface area contributed by atoms with Crippen molar-refractivity contribution in [1.29, 1.82) is 0 Å². The van der Waals surface area contributed by atoms with E-state index in [1.54, 1.807) is 19.1 Å². The molecule has 0 spiro atoms. The van der Waals surface area contributed by atoms with Crippen molar-refractivity contribution in [1.82, 2.24) is 9.97 Å². The predicted octanol–water partition coefficient (Wildman–Crippen LogP) is 5.47. The molecule has 6 nitrogen and oxygen atoms in total. The highest BCUT2D eigenvalue weighted by Gasteiger charge is 2.40. The first-order valence-corrected chi connectivity index (χ1v) is 10.1. The van der Waals surface area contributed by atoms with Gasteiger partial charge in [-0.25, -0.2) is 9.78 Å². The van der Waals surface area contributed by atoms with E-state index in [-0.39, 0.29) is 29.9 Å². The van der Waals surface area contributed by atoms with Crippen LogP contribution in [0.5, 0.6) is 0 Å². The molecule has 3 rings (SSSR count). The normalized spacial score (nSPS) is 17.0. The number of esters is 1. The van der Waals surface area contributed by atoms with Crippen molar-refractivity contribution in [3.63, 3.8) is 0 Å². The minimum atomic E-state index is -4.69. The zero-order valence-corrected chi connectivity index (χ0v) is 17.5. The van der Waals surface area contributed by atoms with Crippen molar-refractivity contribution in [2.24, 2.45) is 0 Å². The summed E-state index contributed by atoms with van der Waals surface area (Å²) in [4.78, 5) is 21.6. The first-order valence-electron chi connectivity index (χ1n) is 9.30. The third-order valence-corrected chi connectivity index (χ3v) is 5.32. The minimum absolute atomic E-state index is 0.0652. The van der Waals surface area contributed by atoms with E-state index in [0.29, 0.717) is 36.2 Å². The van der Waals surface area contributed by atoms with Crippen LogP contribution in [-0.4, -0.2) is 35.1 Å². The number of carbonyl (C=O) groups excluding carboxylic acids is 1. The SMILES string of the molecule is CCOC(=O)C1CCCCN1c1nc(Nc2ccc(Cl)c(Cl)c2)ncc1C(F)(F)F. The van der Waals surface area contributed by atoms with Crippen LogP contribution in [0.1, 0.15) is 31.7 Å². The Morgan fingerprint density at radius 3 is 2.73 bits per heavy atom. The highest BCUT2D eigenvalue weighted by atomic mass is 35.5. The molecular weight excluding hydrogens is 444 g/mol. The number of piperidine rings is 1. The van der Waals surface area contributed by atoms with Crippen molar-refractivity contribution < 1.29 is 22.7 Å². The standard InChI is InChI=1S/C19H19Cl2F3N4O2/c1-2-30-17(29)15-5-3-4-8-28(15)16-12(19(22,23)24)10-25-18(27-16)26-11-6-7-13(20)14(21)9-11/h6-7,9-10,15H,2-5,8H2,1H3,(H,25,26,27). The largest absolute Gasteiger partial charge is 0.464 e. The van der Waals surface area contributed by atoms with E-state index >= 15 is 0 Å². The van der Waals surface area contributed by atoms with Crippen molar-refractivity contribution >= 4 is 46.6 Å². The molecule has 1 aliphatic rings. The summed E-state index contributed by atoms with van der Waals surface area (Å²) in [6.07, 6.45) is -2.25. The monoisotopic (exact) mass is 462 g/mol. The zero-order valence-electron chi connectivity index (χ0n) is 16.0. The van der Waals surface area contributed by atoms with Crippen LogP contribution < -0.4 is 10.2 Å². The molecule has 1 saturated heterocycles. The Kier molecular flexibility index (Phi) is 6.92. The fourth-order valence-electron chi connectivity index (χ4n) is 3.22. The Labute approximate surface area is 181 Å². The lowest BCUT2D eigenvalue weighted by Gasteiger charge is -2.36. The van der Waals surface area contributed by atoms with Crippen molar-refractivity contribution in [3.05, 3.63) is 40.0 Å². The lowest BCUT2D eigenvalue weighted by Crippen LogP contribution is -2.47. The number of anilines is 3. The van der Waals surface area contributed by atoms with E-state index in [1.807, 2.05) is 0 Å². The summed E-state index contributed by atoms with van der Waals surface area (Å²) < 4.78 is 46.0. The first-order chi connectivity index (χ1) is 14.2. The van der Waals surface area contributed by atoms with E-state index in [4.69, 9.17) is 27.9 Å². The number of hydrogen-bond donors (Lipinski definition) is 1. The molecule has 1 unspecified atom stereocenters. The van der Waals surface area contributed by atoms with E-state index < -0.39 is 23.8 Å². The van der Waals surface area contributed by atoms with Gasteiger partial charge in [0.25, 0.3) is 0 Å². The molecule has 30 heavy (non-hydrogen) atoms. The van der Waals surface area contributed by atoms with Gasteiger partial charge in [0.1, 0.15) is 17.4 Å². The van der Waals surface area contributed by atoms with E-state index in [0.717, 1.165) is 0 Å². The van der Waals surface area contributed by atoms with Gasteiger partial charge in [0.15, 0.2) is 0 Å². The molecular formula is C19H19Cl2F3N4O2. The van der Waals surface area contributed by atoms with Crippen LogP contribution in [0.4, 0.5) is 30.6 Å². The molecule has 1 fully saturated rings.